The quantitative estimate of drug-likeness (QED) is 0.801. The number of hydrogen-bond acceptors (Lipinski definition) is 5. The number of fused-ring (bicyclic) bond motifs is 1. The molecule has 4 nitrogen and oxygen atoms in total. The van der Waals surface area contributed by atoms with Gasteiger partial charge in [0, 0.05) is 11.4 Å². The van der Waals surface area contributed by atoms with Crippen LogP contribution < -0.4 is 11.1 Å². The van der Waals surface area contributed by atoms with E-state index in [9.17, 15) is 0 Å². The summed E-state index contributed by atoms with van der Waals surface area (Å²) in [4.78, 5) is 10.7. The molecular weight excluding hydrogens is 220 g/mol. The predicted molar refractivity (Wildman–Crippen MR) is 70.0 cm³/mol. The van der Waals surface area contributed by atoms with Crippen LogP contribution in [0.5, 0.6) is 0 Å². The second-order valence-electron chi connectivity index (χ2n) is 3.79. The van der Waals surface area contributed by atoms with E-state index in [0.29, 0.717) is 5.95 Å². The molecule has 2 heterocycles. The van der Waals surface area contributed by atoms with Gasteiger partial charge in [-0.1, -0.05) is 13.3 Å². The summed E-state index contributed by atoms with van der Waals surface area (Å²) in [5, 5.41) is 4.39. The van der Waals surface area contributed by atoms with Crippen molar-refractivity contribution in [3.63, 3.8) is 0 Å². The van der Waals surface area contributed by atoms with Gasteiger partial charge in [0.15, 0.2) is 0 Å². The average Bonchev–Trinajstić information content (AvgIpc) is 2.58. The van der Waals surface area contributed by atoms with Crippen molar-refractivity contribution in [2.75, 3.05) is 17.6 Å². The topological polar surface area (TPSA) is 63.8 Å². The highest BCUT2D eigenvalue weighted by Gasteiger charge is 2.08. The normalized spacial score (nSPS) is 10.9. The molecule has 86 valence electrons. The molecule has 3 N–H and O–H groups in total. The molecule has 5 heteroatoms. The van der Waals surface area contributed by atoms with Crippen molar-refractivity contribution in [3.8, 4) is 0 Å². The molecule has 0 bridgehead atoms. The van der Waals surface area contributed by atoms with Crippen LogP contribution in [0.3, 0.4) is 0 Å². The van der Waals surface area contributed by atoms with E-state index in [0.717, 1.165) is 29.0 Å². The van der Waals surface area contributed by atoms with E-state index in [-0.39, 0.29) is 0 Å². The summed E-state index contributed by atoms with van der Waals surface area (Å²) in [6, 6.07) is 2.10. The van der Waals surface area contributed by atoms with E-state index in [4.69, 9.17) is 5.73 Å². The van der Waals surface area contributed by atoms with Crippen LogP contribution in [0.1, 0.15) is 24.6 Å². The van der Waals surface area contributed by atoms with Crippen LogP contribution in [0.2, 0.25) is 0 Å². The fourth-order valence-electron chi connectivity index (χ4n) is 1.58. The van der Waals surface area contributed by atoms with E-state index >= 15 is 0 Å². The Labute approximate surface area is 98.9 Å². The van der Waals surface area contributed by atoms with Gasteiger partial charge in [0.05, 0.1) is 5.39 Å². The van der Waals surface area contributed by atoms with E-state index in [1.54, 1.807) is 11.3 Å². The fourth-order valence-corrected chi connectivity index (χ4v) is 2.46. The van der Waals surface area contributed by atoms with Gasteiger partial charge >= 0.3 is 0 Å². The average molecular weight is 236 g/mol. The molecule has 0 aliphatic rings. The number of nitrogen functional groups attached to an aromatic ring is 1. The lowest BCUT2D eigenvalue weighted by atomic mass is 10.3. The first kappa shape index (κ1) is 11.1. The lowest BCUT2D eigenvalue weighted by molar-refractivity contribution is 0.832. The molecule has 16 heavy (non-hydrogen) atoms. The third kappa shape index (κ3) is 2.24. The van der Waals surface area contributed by atoms with Crippen LogP contribution >= 0.6 is 11.3 Å². The minimum Gasteiger partial charge on any atom is -0.369 e. The number of rotatable bonds is 4. The first-order chi connectivity index (χ1) is 7.70. The van der Waals surface area contributed by atoms with Crippen molar-refractivity contribution in [2.24, 2.45) is 0 Å². The Bertz CT molecular complexity index is 492. The zero-order valence-electron chi connectivity index (χ0n) is 9.58. The smallest absolute Gasteiger partial charge is 0.223 e. The number of aromatic nitrogens is 2. The minimum atomic E-state index is 0.341. The molecule has 0 aromatic carbocycles. The Kier molecular flexibility index (Phi) is 3.24. The number of aryl methyl sites for hydroxylation is 1. The monoisotopic (exact) mass is 236 g/mol. The summed E-state index contributed by atoms with van der Waals surface area (Å²) in [5.74, 6) is 1.20. The van der Waals surface area contributed by atoms with E-state index in [2.05, 4.69) is 35.2 Å². The van der Waals surface area contributed by atoms with Crippen molar-refractivity contribution in [1.29, 1.82) is 0 Å². The van der Waals surface area contributed by atoms with Gasteiger partial charge in [0.2, 0.25) is 5.95 Å². The fraction of sp³-hybridized carbons (Fsp3) is 0.455. The van der Waals surface area contributed by atoms with Crippen molar-refractivity contribution in [3.05, 3.63) is 10.9 Å². The zero-order chi connectivity index (χ0) is 11.5. The first-order valence-electron chi connectivity index (χ1n) is 5.48. The number of thiophene rings is 1. The molecule has 2 aromatic rings. The molecule has 0 spiro atoms. The van der Waals surface area contributed by atoms with Crippen LogP contribution in [0.4, 0.5) is 11.8 Å². The Morgan fingerprint density at radius 3 is 3.00 bits per heavy atom. The highest BCUT2D eigenvalue weighted by molar-refractivity contribution is 7.18. The standard InChI is InChI=1S/C11H16N4S/c1-3-4-5-13-9-8-6-7(2)16-10(8)15-11(12)14-9/h6H,3-5H2,1-2H3,(H3,12,13,14,15). The molecule has 0 saturated carbocycles. The maximum absolute atomic E-state index is 5.68. The van der Waals surface area contributed by atoms with Gasteiger partial charge in [-0.05, 0) is 19.4 Å². The molecule has 0 atom stereocenters. The van der Waals surface area contributed by atoms with Crippen molar-refractivity contribution in [2.45, 2.75) is 26.7 Å². The van der Waals surface area contributed by atoms with Gasteiger partial charge in [-0.3, -0.25) is 0 Å². The van der Waals surface area contributed by atoms with Crippen LogP contribution in [0.15, 0.2) is 6.07 Å². The molecule has 2 aromatic heterocycles. The molecule has 0 amide bonds. The Morgan fingerprint density at radius 2 is 2.25 bits per heavy atom. The first-order valence-corrected chi connectivity index (χ1v) is 6.30. The molecule has 0 aliphatic heterocycles. The maximum Gasteiger partial charge on any atom is 0.223 e. The lowest BCUT2D eigenvalue weighted by Crippen LogP contribution is -2.05. The second-order valence-corrected chi connectivity index (χ2v) is 5.02. The van der Waals surface area contributed by atoms with Gasteiger partial charge in [-0.15, -0.1) is 11.3 Å². The largest absolute Gasteiger partial charge is 0.369 e. The van der Waals surface area contributed by atoms with Gasteiger partial charge in [0.1, 0.15) is 10.6 Å². The number of hydrogen-bond donors (Lipinski definition) is 2. The molecule has 0 aliphatic carbocycles. The number of unbranched alkanes of at least 4 members (excludes halogenated alkanes) is 1. The predicted octanol–water partition coefficient (Wildman–Crippen LogP) is 2.79. The summed E-state index contributed by atoms with van der Waals surface area (Å²) < 4.78 is 0. The summed E-state index contributed by atoms with van der Waals surface area (Å²) in [7, 11) is 0. The van der Waals surface area contributed by atoms with E-state index in [1.165, 1.54) is 11.3 Å². The van der Waals surface area contributed by atoms with Crippen molar-refractivity contribution in [1.82, 2.24) is 9.97 Å². The second kappa shape index (κ2) is 4.65. The van der Waals surface area contributed by atoms with E-state index < -0.39 is 0 Å². The van der Waals surface area contributed by atoms with Gasteiger partial charge in [0.25, 0.3) is 0 Å². The van der Waals surface area contributed by atoms with Crippen LogP contribution in [0, 0.1) is 6.92 Å². The van der Waals surface area contributed by atoms with Crippen LogP contribution in [-0.2, 0) is 0 Å². The Hall–Kier alpha value is -1.36. The SMILES string of the molecule is CCCCNc1nc(N)nc2sc(C)cc12. The van der Waals surface area contributed by atoms with Gasteiger partial charge < -0.3 is 11.1 Å². The molecule has 2 rings (SSSR count). The summed E-state index contributed by atoms with van der Waals surface area (Å²) in [5.41, 5.74) is 5.68. The van der Waals surface area contributed by atoms with E-state index in [1.807, 2.05) is 0 Å². The number of anilines is 2. The Balaban J connectivity index is 2.34. The van der Waals surface area contributed by atoms with Crippen molar-refractivity contribution >= 4 is 33.3 Å². The number of nitrogens with one attached hydrogen (secondary N) is 1. The van der Waals surface area contributed by atoms with Gasteiger partial charge in [-0.25, -0.2) is 4.98 Å². The third-order valence-corrected chi connectivity index (χ3v) is 3.30. The third-order valence-electron chi connectivity index (χ3n) is 2.36. The highest BCUT2D eigenvalue weighted by Crippen LogP contribution is 2.28. The molecule has 0 fully saturated rings. The Morgan fingerprint density at radius 1 is 1.44 bits per heavy atom. The molecule has 0 radical (unpaired) electrons. The number of nitrogens with zero attached hydrogens (tertiary/aromatic N) is 2. The van der Waals surface area contributed by atoms with Crippen molar-refractivity contribution < 1.29 is 0 Å². The van der Waals surface area contributed by atoms with Crippen LogP contribution in [0.25, 0.3) is 10.2 Å². The zero-order valence-corrected chi connectivity index (χ0v) is 10.4. The summed E-state index contributed by atoms with van der Waals surface area (Å²) in [6.45, 7) is 5.16. The molecular formula is C11H16N4S. The molecule has 0 unspecified atom stereocenters. The highest BCUT2D eigenvalue weighted by atomic mass is 32.1. The van der Waals surface area contributed by atoms with Gasteiger partial charge in [-0.2, -0.15) is 4.98 Å². The minimum absolute atomic E-state index is 0.341. The summed E-state index contributed by atoms with van der Waals surface area (Å²) >= 11 is 1.65. The lowest BCUT2D eigenvalue weighted by Gasteiger charge is -2.06. The number of nitrogens with two attached hydrogens (primary N) is 1. The van der Waals surface area contributed by atoms with Crippen LogP contribution in [-0.4, -0.2) is 16.5 Å². The maximum atomic E-state index is 5.68. The molecule has 0 saturated heterocycles. The summed E-state index contributed by atoms with van der Waals surface area (Å²) in [6.07, 6.45) is 2.30.